The molecule has 0 unspecified atom stereocenters. The molecule has 3 saturated heterocycles. The van der Waals surface area contributed by atoms with E-state index in [0.29, 0.717) is 13.1 Å². The molecule has 0 atom stereocenters. The normalized spacial score (nSPS) is 20.1. The van der Waals surface area contributed by atoms with Crippen molar-refractivity contribution in [1.82, 2.24) is 19.6 Å². The van der Waals surface area contributed by atoms with Crippen molar-refractivity contribution in [2.75, 3.05) is 58.9 Å². The van der Waals surface area contributed by atoms with E-state index in [-0.39, 0.29) is 88.1 Å². The van der Waals surface area contributed by atoms with Crippen LogP contribution < -0.4 is 5.73 Å². The zero-order chi connectivity index (χ0) is 20.0. The van der Waals surface area contributed by atoms with Gasteiger partial charge in [-0.1, -0.05) is 0 Å². The first kappa shape index (κ1) is 20.8. The summed E-state index contributed by atoms with van der Waals surface area (Å²) in [5, 5.41) is 0. The largest absolute Gasteiger partial charge is 0.339 e. The summed E-state index contributed by atoms with van der Waals surface area (Å²) in [6.07, 6.45) is 0.178. The van der Waals surface area contributed by atoms with Crippen LogP contribution in [0.15, 0.2) is 0 Å². The minimum Gasteiger partial charge on any atom is -0.339 e. The Bertz CT molecular complexity index is 623. The molecular formula is C17H27N5O5. The molecule has 10 heteroatoms. The topological polar surface area (TPSA) is 124 Å². The Morgan fingerprint density at radius 1 is 0.852 bits per heavy atom. The van der Waals surface area contributed by atoms with E-state index in [1.807, 2.05) is 0 Å². The molecule has 3 aliphatic rings. The number of ketones is 1. The molecule has 3 aliphatic heterocycles. The average Bonchev–Trinajstić information content (AvgIpc) is 2.63. The second kappa shape index (κ2) is 9.45. The van der Waals surface area contributed by atoms with Gasteiger partial charge in [-0.25, -0.2) is 0 Å². The minimum atomic E-state index is -0.328. The summed E-state index contributed by atoms with van der Waals surface area (Å²) in [6.45, 7) is 2.68. The van der Waals surface area contributed by atoms with Crippen LogP contribution in [0.25, 0.3) is 0 Å². The van der Waals surface area contributed by atoms with Gasteiger partial charge in [0, 0.05) is 52.1 Å². The molecule has 4 amide bonds. The number of piperazine rings is 1. The molecule has 0 saturated carbocycles. The summed E-state index contributed by atoms with van der Waals surface area (Å²) in [7, 11) is 0. The third kappa shape index (κ3) is 5.75. The van der Waals surface area contributed by atoms with Gasteiger partial charge >= 0.3 is 0 Å². The van der Waals surface area contributed by atoms with Crippen molar-refractivity contribution in [3.63, 3.8) is 0 Å². The van der Waals surface area contributed by atoms with Gasteiger partial charge in [-0.15, -0.1) is 0 Å². The summed E-state index contributed by atoms with van der Waals surface area (Å²) >= 11 is 0. The molecule has 150 valence electrons. The smallest absolute Gasteiger partial charge is 0.242 e. The molecule has 0 spiro atoms. The Morgan fingerprint density at radius 2 is 1.52 bits per heavy atom. The predicted molar refractivity (Wildman–Crippen MR) is 95.3 cm³/mol. The van der Waals surface area contributed by atoms with E-state index in [1.54, 1.807) is 4.90 Å². The Labute approximate surface area is 158 Å². The molecule has 10 nitrogen and oxygen atoms in total. The van der Waals surface area contributed by atoms with Gasteiger partial charge in [0.25, 0.3) is 0 Å². The minimum absolute atomic E-state index is 0.0188. The molecule has 3 fully saturated rings. The molecule has 3 heterocycles. The number of Topliss-reactive ketones (excluding diaryl/α,β-unsaturated/α-hetero) is 1. The maximum Gasteiger partial charge on any atom is 0.242 e. The van der Waals surface area contributed by atoms with Crippen LogP contribution in [0.5, 0.6) is 0 Å². The number of rotatable bonds is 3. The number of nitrogens with zero attached hydrogens (tertiary/aromatic N) is 4. The number of fused-ring (bicyclic) bond motifs is 11. The monoisotopic (exact) mass is 381 g/mol. The van der Waals surface area contributed by atoms with Crippen molar-refractivity contribution in [1.29, 1.82) is 0 Å². The van der Waals surface area contributed by atoms with Crippen LogP contribution in [0.1, 0.15) is 19.8 Å². The number of nitrogens with two attached hydrogens (primary N) is 1. The summed E-state index contributed by atoms with van der Waals surface area (Å²) in [4.78, 5) is 66.7. The van der Waals surface area contributed by atoms with E-state index in [2.05, 4.69) is 0 Å². The van der Waals surface area contributed by atoms with Gasteiger partial charge in [-0.2, -0.15) is 0 Å². The molecule has 0 aromatic carbocycles. The van der Waals surface area contributed by atoms with E-state index in [0.717, 1.165) is 0 Å². The maximum absolute atomic E-state index is 12.5. The third-order valence-corrected chi connectivity index (χ3v) is 4.80. The molecule has 0 aromatic heterocycles. The van der Waals surface area contributed by atoms with Gasteiger partial charge in [-0.3, -0.25) is 24.0 Å². The SMILES string of the molecule is CC(=O)CN1CCN(C(=O)CN)CCC(=O)N2CCN(CCC1=O)C(=O)C2. The van der Waals surface area contributed by atoms with Gasteiger partial charge < -0.3 is 25.3 Å². The molecule has 0 radical (unpaired) electrons. The summed E-state index contributed by atoms with van der Waals surface area (Å²) < 4.78 is 0. The summed E-state index contributed by atoms with van der Waals surface area (Å²) in [6, 6.07) is 0. The Hall–Kier alpha value is -2.49. The quantitative estimate of drug-likeness (QED) is 0.584. The molecule has 2 bridgehead atoms. The number of amides is 4. The van der Waals surface area contributed by atoms with Crippen LogP contribution in [0, 0.1) is 0 Å². The van der Waals surface area contributed by atoms with E-state index < -0.39 is 0 Å². The van der Waals surface area contributed by atoms with E-state index in [4.69, 9.17) is 5.73 Å². The fourth-order valence-corrected chi connectivity index (χ4v) is 3.23. The van der Waals surface area contributed by atoms with Crippen molar-refractivity contribution in [2.45, 2.75) is 19.8 Å². The lowest BCUT2D eigenvalue weighted by atomic mass is 10.2. The van der Waals surface area contributed by atoms with Gasteiger partial charge in [0.2, 0.25) is 23.6 Å². The first-order chi connectivity index (χ1) is 12.8. The zero-order valence-electron chi connectivity index (χ0n) is 15.7. The van der Waals surface area contributed by atoms with E-state index in [9.17, 15) is 24.0 Å². The first-order valence-corrected chi connectivity index (χ1v) is 9.12. The lowest BCUT2D eigenvalue weighted by Gasteiger charge is -2.36. The van der Waals surface area contributed by atoms with Crippen molar-refractivity contribution < 1.29 is 24.0 Å². The van der Waals surface area contributed by atoms with E-state index >= 15 is 0 Å². The fourth-order valence-electron chi connectivity index (χ4n) is 3.23. The number of carbonyl (C=O) groups excluding carboxylic acids is 5. The standard InChI is InChI=1S/C17H27N5O5/c1-13(23)11-21-8-6-19(16(26)10-18)4-2-15(25)22-9-7-20(17(27)12-22)5-3-14(21)24/h2-12,18H2,1H3. The highest BCUT2D eigenvalue weighted by Gasteiger charge is 2.29. The third-order valence-electron chi connectivity index (χ3n) is 4.80. The van der Waals surface area contributed by atoms with Gasteiger partial charge in [-0.05, 0) is 6.92 Å². The fraction of sp³-hybridized carbons (Fsp3) is 0.706. The number of hydrogen-bond donors (Lipinski definition) is 1. The number of hydrogen-bond acceptors (Lipinski definition) is 6. The van der Waals surface area contributed by atoms with Crippen LogP contribution in [0.4, 0.5) is 0 Å². The van der Waals surface area contributed by atoms with Crippen LogP contribution in [-0.2, 0) is 24.0 Å². The lowest BCUT2D eigenvalue weighted by Crippen LogP contribution is -2.54. The van der Waals surface area contributed by atoms with Crippen molar-refractivity contribution in [3.8, 4) is 0 Å². The molecule has 0 aliphatic carbocycles. The maximum atomic E-state index is 12.5. The van der Waals surface area contributed by atoms with Gasteiger partial charge in [0.1, 0.15) is 5.78 Å². The zero-order valence-corrected chi connectivity index (χ0v) is 15.7. The van der Waals surface area contributed by atoms with Crippen LogP contribution in [0.3, 0.4) is 0 Å². The highest BCUT2D eigenvalue weighted by Crippen LogP contribution is 2.09. The average molecular weight is 381 g/mol. The molecule has 0 aromatic rings. The second-order valence-electron chi connectivity index (χ2n) is 6.80. The van der Waals surface area contributed by atoms with Crippen molar-refractivity contribution in [3.05, 3.63) is 0 Å². The molecule has 3 rings (SSSR count). The predicted octanol–water partition coefficient (Wildman–Crippen LogP) is -2.34. The van der Waals surface area contributed by atoms with E-state index in [1.165, 1.54) is 21.6 Å². The Kier molecular flexibility index (Phi) is 7.28. The highest BCUT2D eigenvalue weighted by molar-refractivity contribution is 5.88. The Morgan fingerprint density at radius 3 is 2.15 bits per heavy atom. The van der Waals surface area contributed by atoms with Crippen molar-refractivity contribution >= 4 is 29.4 Å². The molecule has 2 N–H and O–H groups in total. The lowest BCUT2D eigenvalue weighted by molar-refractivity contribution is -0.147. The summed E-state index contributed by atoms with van der Waals surface area (Å²) in [5.74, 6) is -1.13. The number of carbonyl (C=O) groups is 5. The van der Waals surface area contributed by atoms with Crippen molar-refractivity contribution in [2.24, 2.45) is 5.73 Å². The first-order valence-electron chi connectivity index (χ1n) is 9.12. The van der Waals surface area contributed by atoms with Gasteiger partial charge in [0.15, 0.2) is 0 Å². The Balaban J connectivity index is 2.19. The second-order valence-corrected chi connectivity index (χ2v) is 6.80. The molecule has 27 heavy (non-hydrogen) atoms. The van der Waals surface area contributed by atoms with Crippen LogP contribution >= 0.6 is 0 Å². The summed E-state index contributed by atoms with van der Waals surface area (Å²) in [5.41, 5.74) is 5.45. The van der Waals surface area contributed by atoms with Crippen LogP contribution in [0.2, 0.25) is 0 Å². The van der Waals surface area contributed by atoms with Gasteiger partial charge in [0.05, 0.1) is 19.6 Å². The van der Waals surface area contributed by atoms with Crippen LogP contribution in [-0.4, -0.2) is 108 Å². The highest BCUT2D eigenvalue weighted by atomic mass is 16.2. The molecular weight excluding hydrogens is 354 g/mol.